The van der Waals surface area contributed by atoms with Gasteiger partial charge in [0.1, 0.15) is 23.4 Å². The SMILES string of the molecule is CC(C)(C(N)=O)c1ccc2c(c1)C(c1cccc(F)c1)Oc1cccc(OC(F)F)c1-2. The first kappa shape index (κ1) is 20.8. The van der Waals surface area contributed by atoms with Crippen molar-refractivity contribution in [2.45, 2.75) is 32.0 Å². The summed E-state index contributed by atoms with van der Waals surface area (Å²) in [4.78, 5) is 12.0. The fourth-order valence-electron chi connectivity index (χ4n) is 3.71. The summed E-state index contributed by atoms with van der Waals surface area (Å²) in [5, 5.41) is 0. The van der Waals surface area contributed by atoms with Crippen molar-refractivity contribution in [1.82, 2.24) is 0 Å². The third kappa shape index (κ3) is 3.71. The Morgan fingerprint density at radius 1 is 1.10 bits per heavy atom. The molecule has 3 aromatic carbocycles. The molecule has 0 saturated carbocycles. The molecule has 0 saturated heterocycles. The maximum absolute atomic E-state index is 14.0. The number of amides is 1. The molecule has 2 N–H and O–H groups in total. The van der Waals surface area contributed by atoms with Crippen LogP contribution in [0.2, 0.25) is 0 Å². The molecule has 1 amide bonds. The molecule has 0 bridgehead atoms. The smallest absolute Gasteiger partial charge is 0.387 e. The van der Waals surface area contributed by atoms with Crippen LogP contribution in [0.5, 0.6) is 11.5 Å². The molecular weight excluding hydrogens is 407 g/mol. The van der Waals surface area contributed by atoms with Crippen molar-refractivity contribution >= 4 is 5.91 Å². The lowest BCUT2D eigenvalue weighted by Gasteiger charge is -2.32. The fourth-order valence-corrected chi connectivity index (χ4v) is 3.71. The molecule has 7 heteroatoms. The zero-order valence-corrected chi connectivity index (χ0v) is 16.9. The van der Waals surface area contributed by atoms with Gasteiger partial charge < -0.3 is 15.2 Å². The topological polar surface area (TPSA) is 61.6 Å². The molecule has 0 spiro atoms. The number of nitrogens with two attached hydrogens (primary N) is 1. The highest BCUT2D eigenvalue weighted by atomic mass is 19.3. The van der Waals surface area contributed by atoms with Gasteiger partial charge >= 0.3 is 6.61 Å². The molecular formula is C24H20F3NO3. The lowest BCUT2D eigenvalue weighted by atomic mass is 9.79. The molecule has 160 valence electrons. The summed E-state index contributed by atoms with van der Waals surface area (Å²) in [6.07, 6.45) is -0.719. The van der Waals surface area contributed by atoms with E-state index < -0.39 is 29.9 Å². The van der Waals surface area contributed by atoms with Crippen LogP contribution < -0.4 is 15.2 Å². The summed E-state index contributed by atoms with van der Waals surface area (Å²) in [6, 6.07) is 15.8. The van der Waals surface area contributed by atoms with Crippen molar-refractivity contribution in [3.05, 3.63) is 83.2 Å². The molecule has 0 fully saturated rings. The Hall–Kier alpha value is -3.48. The predicted molar refractivity (Wildman–Crippen MR) is 110 cm³/mol. The number of carbonyl (C=O) groups is 1. The van der Waals surface area contributed by atoms with Gasteiger partial charge in [0.2, 0.25) is 5.91 Å². The van der Waals surface area contributed by atoms with Gasteiger partial charge in [0.15, 0.2) is 0 Å². The quantitative estimate of drug-likeness (QED) is 0.598. The van der Waals surface area contributed by atoms with Gasteiger partial charge in [-0.1, -0.05) is 36.4 Å². The number of primary amides is 1. The lowest BCUT2D eigenvalue weighted by molar-refractivity contribution is -0.122. The second kappa shape index (κ2) is 7.65. The average molecular weight is 427 g/mol. The van der Waals surface area contributed by atoms with E-state index in [-0.39, 0.29) is 5.75 Å². The van der Waals surface area contributed by atoms with Crippen molar-refractivity contribution in [3.8, 4) is 22.6 Å². The average Bonchev–Trinajstić information content (AvgIpc) is 2.72. The van der Waals surface area contributed by atoms with E-state index in [0.29, 0.717) is 33.6 Å². The Kier molecular flexibility index (Phi) is 5.13. The monoisotopic (exact) mass is 427 g/mol. The van der Waals surface area contributed by atoms with E-state index in [1.807, 2.05) is 0 Å². The van der Waals surface area contributed by atoms with Crippen LogP contribution in [-0.2, 0) is 10.2 Å². The zero-order valence-electron chi connectivity index (χ0n) is 16.9. The first-order valence-corrected chi connectivity index (χ1v) is 9.63. The molecule has 1 aliphatic rings. The number of rotatable bonds is 5. The first-order valence-electron chi connectivity index (χ1n) is 9.63. The minimum Gasteiger partial charge on any atom is -0.480 e. The zero-order chi connectivity index (χ0) is 22.3. The second-order valence-corrected chi connectivity index (χ2v) is 7.85. The Morgan fingerprint density at radius 3 is 2.52 bits per heavy atom. The van der Waals surface area contributed by atoms with Crippen molar-refractivity contribution in [1.29, 1.82) is 0 Å². The Bertz CT molecular complexity index is 1160. The van der Waals surface area contributed by atoms with Crippen LogP contribution in [0, 0.1) is 5.82 Å². The normalized spacial score (nSPS) is 15.1. The van der Waals surface area contributed by atoms with E-state index in [9.17, 15) is 18.0 Å². The third-order valence-corrected chi connectivity index (χ3v) is 5.54. The highest BCUT2D eigenvalue weighted by Crippen LogP contribution is 2.50. The van der Waals surface area contributed by atoms with Crippen molar-refractivity contribution < 1.29 is 27.4 Å². The van der Waals surface area contributed by atoms with E-state index in [0.717, 1.165) is 0 Å². The van der Waals surface area contributed by atoms with Crippen LogP contribution in [0.1, 0.15) is 36.6 Å². The minimum atomic E-state index is -3.01. The maximum atomic E-state index is 14.0. The molecule has 31 heavy (non-hydrogen) atoms. The number of hydrogen-bond acceptors (Lipinski definition) is 3. The highest BCUT2D eigenvalue weighted by Gasteiger charge is 2.34. The minimum absolute atomic E-state index is 0.0339. The van der Waals surface area contributed by atoms with Gasteiger partial charge in [0.05, 0.1) is 11.0 Å². The molecule has 1 heterocycles. The maximum Gasteiger partial charge on any atom is 0.387 e. The van der Waals surface area contributed by atoms with Crippen LogP contribution in [0.3, 0.4) is 0 Å². The number of ether oxygens (including phenoxy) is 2. The molecule has 0 aliphatic carbocycles. The molecule has 0 radical (unpaired) electrons. The van der Waals surface area contributed by atoms with Gasteiger partial charge in [-0.05, 0) is 54.8 Å². The van der Waals surface area contributed by atoms with Crippen molar-refractivity contribution in [2.24, 2.45) is 5.73 Å². The number of carbonyl (C=O) groups excluding carboxylic acids is 1. The standard InChI is InChI=1S/C24H20F3NO3/c1-24(2,22(28)29)14-9-10-16-17(12-14)21(13-5-3-6-15(25)11-13)30-18-7-4-8-19(20(16)18)31-23(26)27/h3-12,21,23H,1-2H3,(H2,28,29). The lowest BCUT2D eigenvalue weighted by Crippen LogP contribution is -2.35. The molecule has 0 aromatic heterocycles. The van der Waals surface area contributed by atoms with Gasteiger partial charge in [-0.25, -0.2) is 4.39 Å². The Labute approximate surface area is 177 Å². The number of alkyl halides is 2. The van der Waals surface area contributed by atoms with Crippen LogP contribution in [0.25, 0.3) is 11.1 Å². The molecule has 4 rings (SSSR count). The summed E-state index contributed by atoms with van der Waals surface area (Å²) in [7, 11) is 0. The van der Waals surface area contributed by atoms with Crippen molar-refractivity contribution in [3.63, 3.8) is 0 Å². The second-order valence-electron chi connectivity index (χ2n) is 7.85. The number of hydrogen-bond donors (Lipinski definition) is 1. The van der Waals surface area contributed by atoms with Gasteiger partial charge in [0.25, 0.3) is 0 Å². The third-order valence-electron chi connectivity index (χ3n) is 5.54. The summed E-state index contributed by atoms with van der Waals surface area (Å²) >= 11 is 0. The van der Waals surface area contributed by atoms with Crippen LogP contribution >= 0.6 is 0 Å². The molecule has 1 aliphatic heterocycles. The van der Waals surface area contributed by atoms with E-state index in [1.54, 1.807) is 56.3 Å². The summed E-state index contributed by atoms with van der Waals surface area (Å²) < 4.78 is 50.8. The number of halogens is 3. The molecule has 3 aromatic rings. The summed E-state index contributed by atoms with van der Waals surface area (Å²) in [5.74, 6) is -0.652. The molecule has 4 nitrogen and oxygen atoms in total. The molecule has 1 unspecified atom stereocenters. The summed E-state index contributed by atoms with van der Waals surface area (Å²) in [6.45, 7) is 0.373. The van der Waals surface area contributed by atoms with Crippen LogP contribution in [0.15, 0.2) is 60.7 Å². The number of fused-ring (bicyclic) bond motifs is 3. The van der Waals surface area contributed by atoms with Gasteiger partial charge in [0, 0.05) is 5.56 Å². The van der Waals surface area contributed by atoms with Crippen LogP contribution in [0.4, 0.5) is 13.2 Å². The van der Waals surface area contributed by atoms with Crippen molar-refractivity contribution in [2.75, 3.05) is 0 Å². The predicted octanol–water partition coefficient (Wildman–Crippen LogP) is 5.34. The van der Waals surface area contributed by atoms with E-state index >= 15 is 0 Å². The Balaban J connectivity index is 1.96. The Morgan fingerprint density at radius 2 is 1.84 bits per heavy atom. The fraction of sp³-hybridized carbons (Fsp3) is 0.208. The number of benzene rings is 3. The van der Waals surface area contributed by atoms with E-state index in [1.165, 1.54) is 18.2 Å². The summed E-state index contributed by atoms with van der Waals surface area (Å²) in [5.41, 5.74) is 7.31. The van der Waals surface area contributed by atoms with Gasteiger partial charge in [-0.3, -0.25) is 4.79 Å². The molecule has 1 atom stereocenters. The van der Waals surface area contributed by atoms with E-state index in [2.05, 4.69) is 0 Å². The van der Waals surface area contributed by atoms with Gasteiger partial charge in [-0.2, -0.15) is 8.78 Å². The largest absolute Gasteiger partial charge is 0.480 e. The van der Waals surface area contributed by atoms with Crippen LogP contribution in [-0.4, -0.2) is 12.5 Å². The van der Waals surface area contributed by atoms with E-state index in [4.69, 9.17) is 15.2 Å². The van der Waals surface area contributed by atoms with Gasteiger partial charge in [-0.15, -0.1) is 0 Å². The first-order chi connectivity index (χ1) is 14.7. The highest BCUT2D eigenvalue weighted by molar-refractivity contribution is 5.87.